The van der Waals surface area contributed by atoms with E-state index < -0.39 is 11.7 Å². The van der Waals surface area contributed by atoms with Crippen LogP contribution in [0.1, 0.15) is 20.8 Å². The highest BCUT2D eigenvalue weighted by Gasteiger charge is 2.24. The predicted octanol–water partition coefficient (Wildman–Crippen LogP) is 4.18. The molecule has 0 saturated carbocycles. The van der Waals surface area contributed by atoms with Crippen molar-refractivity contribution in [3.05, 3.63) is 44.6 Å². The fraction of sp³-hybridized carbons (Fsp3) is 0.333. The molecule has 3 aromatic heterocycles. The summed E-state index contributed by atoms with van der Waals surface area (Å²) >= 11 is 7.66. The maximum absolute atomic E-state index is 12.5. The lowest BCUT2D eigenvalue weighted by atomic mass is 10.2. The largest absolute Gasteiger partial charge is 0.444 e. The predicted molar refractivity (Wildman–Crippen MR) is 109 cm³/mol. The number of amides is 1. The smallest absolute Gasteiger partial charge is 0.407 e. The molecule has 0 aliphatic rings. The fourth-order valence-corrected chi connectivity index (χ4v) is 3.97. The minimum atomic E-state index is -0.613. The van der Waals surface area contributed by atoms with E-state index in [1.54, 1.807) is 31.4 Å². The Kier molecular flexibility index (Phi) is 5.45. The van der Waals surface area contributed by atoms with Crippen LogP contribution in [0.25, 0.3) is 26.4 Å². The Labute approximate surface area is 169 Å². The van der Waals surface area contributed by atoms with Crippen molar-refractivity contribution in [2.45, 2.75) is 32.9 Å². The third-order valence-corrected chi connectivity index (χ3v) is 5.11. The molecule has 0 saturated heterocycles. The number of nitrogens with one attached hydrogen (secondary N) is 2. The van der Waals surface area contributed by atoms with Crippen LogP contribution in [0.4, 0.5) is 10.5 Å². The highest BCUT2D eigenvalue weighted by atomic mass is 35.5. The number of hydrogen-bond donors (Lipinski definition) is 2. The number of aromatic amines is 1. The molecule has 0 aromatic carbocycles. The molecule has 0 bridgehead atoms. The minimum Gasteiger partial charge on any atom is -0.444 e. The number of hydrogen-bond acceptors (Lipinski definition) is 5. The second kappa shape index (κ2) is 7.66. The Morgan fingerprint density at radius 1 is 1.50 bits per heavy atom. The van der Waals surface area contributed by atoms with E-state index >= 15 is 0 Å². The summed E-state index contributed by atoms with van der Waals surface area (Å²) in [6, 6.07) is 1.73. The summed E-state index contributed by atoms with van der Waals surface area (Å²) < 4.78 is 6.90. The van der Waals surface area contributed by atoms with Crippen molar-refractivity contribution in [2.75, 3.05) is 6.54 Å². The Balaban J connectivity index is 2.04. The van der Waals surface area contributed by atoms with Crippen LogP contribution in [-0.2, 0) is 11.3 Å². The van der Waals surface area contributed by atoms with Gasteiger partial charge in [-0.1, -0.05) is 11.6 Å². The van der Waals surface area contributed by atoms with Gasteiger partial charge < -0.3 is 19.6 Å². The first-order valence-electron chi connectivity index (χ1n) is 8.40. The molecule has 3 rings (SSSR count). The molecule has 1 amide bonds. The summed E-state index contributed by atoms with van der Waals surface area (Å²) in [5.41, 5.74) is 0.349. The Hall–Kier alpha value is -2.83. The number of carbonyl (C=O) groups excluding carboxylic acids is 1. The van der Waals surface area contributed by atoms with Gasteiger partial charge in [0.15, 0.2) is 0 Å². The maximum Gasteiger partial charge on any atom is 0.407 e. The summed E-state index contributed by atoms with van der Waals surface area (Å²) in [4.78, 5) is 35.4. The zero-order valence-electron chi connectivity index (χ0n) is 15.5. The monoisotopic (exact) mass is 419 g/mol. The lowest BCUT2D eigenvalue weighted by Crippen LogP contribution is -2.34. The zero-order valence-corrected chi connectivity index (χ0v) is 17.1. The van der Waals surface area contributed by atoms with Crippen molar-refractivity contribution < 1.29 is 9.53 Å². The van der Waals surface area contributed by atoms with Gasteiger partial charge in [0.25, 0.3) is 5.56 Å². The first-order valence-corrected chi connectivity index (χ1v) is 9.66. The topological polar surface area (TPSA) is 93.4 Å². The molecule has 0 aliphatic heterocycles. The van der Waals surface area contributed by atoms with Gasteiger partial charge in [-0.25, -0.2) is 14.6 Å². The molecule has 0 atom stereocenters. The number of aromatic nitrogens is 3. The second-order valence-corrected chi connectivity index (χ2v) is 8.24. The van der Waals surface area contributed by atoms with Crippen molar-refractivity contribution >= 4 is 45.8 Å². The highest BCUT2D eigenvalue weighted by Crippen LogP contribution is 2.43. The number of carbonyl (C=O) groups is 1. The van der Waals surface area contributed by atoms with Crippen molar-refractivity contribution in [2.24, 2.45) is 0 Å². The van der Waals surface area contributed by atoms with Crippen LogP contribution in [0.3, 0.4) is 0 Å². The Bertz CT molecular complexity index is 1130. The average Bonchev–Trinajstić information content (AvgIpc) is 3.14. The van der Waals surface area contributed by atoms with E-state index in [2.05, 4.69) is 20.1 Å². The van der Waals surface area contributed by atoms with E-state index in [4.69, 9.17) is 22.9 Å². The maximum atomic E-state index is 12.5. The van der Waals surface area contributed by atoms with Gasteiger partial charge >= 0.3 is 6.09 Å². The van der Waals surface area contributed by atoms with Crippen LogP contribution >= 0.6 is 22.9 Å². The Morgan fingerprint density at radius 3 is 2.86 bits per heavy atom. The van der Waals surface area contributed by atoms with E-state index in [1.165, 1.54) is 17.7 Å². The van der Waals surface area contributed by atoms with Gasteiger partial charge in [-0.15, -0.1) is 11.3 Å². The number of ether oxygens (including phenoxy) is 1. The number of H-pyrrole nitrogens is 1. The molecule has 0 aliphatic carbocycles. The lowest BCUT2D eigenvalue weighted by molar-refractivity contribution is 0.0526. The molecule has 8 nitrogen and oxygen atoms in total. The van der Waals surface area contributed by atoms with Crippen LogP contribution in [0.15, 0.2) is 22.6 Å². The fourth-order valence-electron chi connectivity index (χ4n) is 2.77. The van der Waals surface area contributed by atoms with Gasteiger partial charge in [0, 0.05) is 13.1 Å². The van der Waals surface area contributed by atoms with Crippen LogP contribution in [0.2, 0.25) is 5.02 Å². The number of fused-ring (bicyclic) bond motifs is 1. The third-order valence-electron chi connectivity index (χ3n) is 3.76. The van der Waals surface area contributed by atoms with Crippen molar-refractivity contribution in [3.8, 4) is 10.6 Å². The molecule has 0 radical (unpaired) electrons. The van der Waals surface area contributed by atoms with Crippen LogP contribution in [-0.4, -0.2) is 32.8 Å². The van der Waals surface area contributed by atoms with Crippen LogP contribution < -0.4 is 10.9 Å². The molecule has 0 unspecified atom stereocenters. The van der Waals surface area contributed by atoms with E-state index in [1.807, 2.05) is 5.38 Å². The number of alkyl carbamates (subject to hydrolysis) is 1. The third kappa shape index (κ3) is 3.88. The molecule has 2 N–H and O–H groups in total. The van der Waals surface area contributed by atoms with E-state index in [0.29, 0.717) is 21.1 Å². The van der Waals surface area contributed by atoms with E-state index in [0.717, 1.165) is 0 Å². The van der Waals surface area contributed by atoms with Crippen molar-refractivity contribution in [3.63, 3.8) is 0 Å². The SMILES string of the molecule is [C-]#[N+]c1c(-c2sccc2Cl)n(CCNC(=O)OC(C)(C)C)c2c(=O)[nH]cnc12. The van der Waals surface area contributed by atoms with Gasteiger partial charge in [0.1, 0.15) is 16.6 Å². The summed E-state index contributed by atoms with van der Waals surface area (Å²) in [5.74, 6) is 0. The molecule has 3 heterocycles. The summed E-state index contributed by atoms with van der Waals surface area (Å²) in [5, 5.41) is 4.96. The molecule has 0 spiro atoms. The highest BCUT2D eigenvalue weighted by molar-refractivity contribution is 7.14. The lowest BCUT2D eigenvalue weighted by Gasteiger charge is -2.20. The molecule has 0 fully saturated rings. The van der Waals surface area contributed by atoms with Crippen molar-refractivity contribution in [1.82, 2.24) is 19.9 Å². The zero-order chi connectivity index (χ0) is 20.5. The Morgan fingerprint density at radius 2 is 2.25 bits per heavy atom. The molecule has 146 valence electrons. The van der Waals surface area contributed by atoms with Gasteiger partial charge in [0.05, 0.1) is 28.5 Å². The van der Waals surface area contributed by atoms with E-state index in [9.17, 15) is 9.59 Å². The number of rotatable bonds is 4. The van der Waals surface area contributed by atoms with Crippen LogP contribution in [0, 0.1) is 6.57 Å². The molecular formula is C18H18ClN5O3S. The van der Waals surface area contributed by atoms with Gasteiger partial charge in [0.2, 0.25) is 5.69 Å². The molecular weight excluding hydrogens is 402 g/mol. The normalized spacial score (nSPS) is 11.4. The average molecular weight is 420 g/mol. The minimum absolute atomic E-state index is 0.195. The van der Waals surface area contributed by atoms with Gasteiger partial charge in [-0.3, -0.25) is 4.79 Å². The number of nitrogens with zero attached hydrogens (tertiary/aromatic N) is 3. The quantitative estimate of drug-likeness (QED) is 0.620. The molecule has 28 heavy (non-hydrogen) atoms. The second-order valence-electron chi connectivity index (χ2n) is 6.92. The van der Waals surface area contributed by atoms with Gasteiger partial charge in [-0.2, -0.15) is 0 Å². The molecule has 10 heteroatoms. The molecule has 3 aromatic rings. The standard InChI is InChI=1S/C18H18ClN5O3S/c1-18(2,3)27-17(26)21-6-7-24-13(15-10(19)5-8-28-15)11(20-4)12-14(24)16(25)23-9-22-12/h5,8-9H,6-7H2,1-3H3,(H,21,26)(H,22,23,25). The summed E-state index contributed by atoms with van der Waals surface area (Å²) in [6.07, 6.45) is 0.708. The van der Waals surface area contributed by atoms with Gasteiger partial charge in [-0.05, 0) is 32.2 Å². The van der Waals surface area contributed by atoms with E-state index in [-0.39, 0.29) is 29.9 Å². The van der Waals surface area contributed by atoms with Crippen LogP contribution in [0.5, 0.6) is 0 Å². The summed E-state index contributed by atoms with van der Waals surface area (Å²) in [7, 11) is 0. The van der Waals surface area contributed by atoms with Crippen molar-refractivity contribution in [1.29, 1.82) is 0 Å². The first kappa shape index (κ1) is 19.9. The number of thiophene rings is 1. The summed E-state index contributed by atoms with van der Waals surface area (Å²) in [6.45, 7) is 13.4. The number of halogens is 1. The first-order chi connectivity index (χ1) is 13.2.